The summed E-state index contributed by atoms with van der Waals surface area (Å²) in [6.45, 7) is 0.104. The van der Waals surface area contributed by atoms with E-state index in [-0.39, 0.29) is 40.7 Å². The predicted molar refractivity (Wildman–Crippen MR) is 85.8 cm³/mol. The maximum Gasteiger partial charge on any atom is 0.255 e. The molecule has 0 radical (unpaired) electrons. The number of phenols is 2. The molecule has 0 aliphatic rings. The Labute approximate surface area is 141 Å². The minimum absolute atomic E-state index is 0.00762. The van der Waals surface area contributed by atoms with Crippen LogP contribution in [0.2, 0.25) is 5.02 Å². The number of carbonyl (C=O) groups is 2. The van der Waals surface area contributed by atoms with E-state index in [4.69, 9.17) is 11.6 Å². The molecule has 24 heavy (non-hydrogen) atoms. The molecule has 0 aliphatic heterocycles. The van der Waals surface area contributed by atoms with Crippen LogP contribution in [-0.2, 0) is 0 Å². The molecule has 0 aromatic heterocycles. The lowest BCUT2D eigenvalue weighted by atomic mass is 10.2. The molecular formula is C16H14ClFN2O4. The summed E-state index contributed by atoms with van der Waals surface area (Å²) in [7, 11) is 0. The molecule has 0 saturated heterocycles. The average Bonchev–Trinajstić information content (AvgIpc) is 2.50. The van der Waals surface area contributed by atoms with Crippen LogP contribution in [0.3, 0.4) is 0 Å². The molecule has 126 valence electrons. The molecule has 8 heteroatoms. The fourth-order valence-electron chi connectivity index (χ4n) is 1.98. The van der Waals surface area contributed by atoms with Crippen LogP contribution in [0, 0.1) is 5.82 Å². The Morgan fingerprint density at radius 2 is 1.58 bits per heavy atom. The summed E-state index contributed by atoms with van der Waals surface area (Å²) in [6.07, 6.45) is 0. The maximum atomic E-state index is 13.6. The standard InChI is InChI=1S/C16H14ClFN2O4/c17-12-2-1-3-13(18)14(12)16(24)20-5-4-19-15(23)9-6-10(21)8-11(22)7-9/h1-3,6-8,21-22H,4-5H2,(H,19,23)(H,20,24). The molecule has 0 unspecified atom stereocenters. The molecule has 2 amide bonds. The van der Waals surface area contributed by atoms with Gasteiger partial charge in [0.1, 0.15) is 17.3 Å². The second-order valence-corrected chi connectivity index (χ2v) is 5.25. The van der Waals surface area contributed by atoms with E-state index in [0.29, 0.717) is 0 Å². The van der Waals surface area contributed by atoms with Crippen molar-refractivity contribution in [1.29, 1.82) is 0 Å². The van der Waals surface area contributed by atoms with E-state index in [9.17, 15) is 24.2 Å². The summed E-state index contributed by atoms with van der Waals surface area (Å²) >= 11 is 5.78. The lowest BCUT2D eigenvalue weighted by molar-refractivity contribution is 0.0925. The van der Waals surface area contributed by atoms with Gasteiger partial charge in [0.05, 0.1) is 10.6 Å². The zero-order valence-electron chi connectivity index (χ0n) is 12.3. The molecule has 4 N–H and O–H groups in total. The van der Waals surface area contributed by atoms with Crippen molar-refractivity contribution >= 4 is 23.4 Å². The van der Waals surface area contributed by atoms with Gasteiger partial charge in [0.2, 0.25) is 0 Å². The quantitative estimate of drug-likeness (QED) is 0.619. The van der Waals surface area contributed by atoms with Crippen LogP contribution in [0.4, 0.5) is 4.39 Å². The predicted octanol–water partition coefficient (Wildman–Crippen LogP) is 2.05. The first-order valence-corrected chi connectivity index (χ1v) is 7.29. The molecule has 0 heterocycles. The Morgan fingerprint density at radius 3 is 2.17 bits per heavy atom. The van der Waals surface area contributed by atoms with E-state index in [1.807, 2.05) is 0 Å². The SMILES string of the molecule is O=C(NCCNC(=O)c1c(F)cccc1Cl)c1cc(O)cc(O)c1. The summed E-state index contributed by atoms with van der Waals surface area (Å²) in [4.78, 5) is 23.7. The van der Waals surface area contributed by atoms with Gasteiger partial charge in [0.25, 0.3) is 11.8 Å². The van der Waals surface area contributed by atoms with Gasteiger partial charge in [0.15, 0.2) is 0 Å². The molecule has 0 saturated carbocycles. The highest BCUT2D eigenvalue weighted by molar-refractivity contribution is 6.33. The first-order chi connectivity index (χ1) is 11.4. The molecule has 2 rings (SSSR count). The number of amides is 2. The van der Waals surface area contributed by atoms with Crippen molar-refractivity contribution in [2.75, 3.05) is 13.1 Å². The smallest absolute Gasteiger partial charge is 0.255 e. The molecule has 0 atom stereocenters. The topological polar surface area (TPSA) is 98.7 Å². The Bertz CT molecular complexity index is 742. The third-order valence-corrected chi connectivity index (χ3v) is 3.37. The summed E-state index contributed by atoms with van der Waals surface area (Å²) < 4.78 is 13.6. The number of rotatable bonds is 5. The zero-order chi connectivity index (χ0) is 17.7. The molecule has 2 aromatic carbocycles. The van der Waals surface area contributed by atoms with Gasteiger partial charge in [0, 0.05) is 24.7 Å². The van der Waals surface area contributed by atoms with Crippen LogP contribution in [0.1, 0.15) is 20.7 Å². The number of benzene rings is 2. The lowest BCUT2D eigenvalue weighted by Crippen LogP contribution is -2.35. The summed E-state index contributed by atoms with van der Waals surface area (Å²) in [5, 5.41) is 23.6. The van der Waals surface area contributed by atoms with Gasteiger partial charge in [-0.1, -0.05) is 17.7 Å². The molecule has 0 bridgehead atoms. The third kappa shape index (κ3) is 4.36. The molecule has 2 aromatic rings. The highest BCUT2D eigenvalue weighted by Crippen LogP contribution is 2.20. The monoisotopic (exact) mass is 352 g/mol. The number of hydrogen-bond acceptors (Lipinski definition) is 4. The van der Waals surface area contributed by atoms with E-state index in [2.05, 4.69) is 10.6 Å². The Morgan fingerprint density at radius 1 is 1.00 bits per heavy atom. The Kier molecular flexibility index (Phi) is 5.59. The fourth-order valence-corrected chi connectivity index (χ4v) is 2.23. The summed E-state index contributed by atoms with van der Waals surface area (Å²) in [5.74, 6) is -2.47. The van der Waals surface area contributed by atoms with Crippen molar-refractivity contribution in [3.05, 3.63) is 58.4 Å². The van der Waals surface area contributed by atoms with Gasteiger partial charge in [-0.3, -0.25) is 9.59 Å². The van der Waals surface area contributed by atoms with Crippen molar-refractivity contribution in [3.63, 3.8) is 0 Å². The third-order valence-electron chi connectivity index (χ3n) is 3.05. The minimum Gasteiger partial charge on any atom is -0.508 e. The number of hydrogen-bond donors (Lipinski definition) is 4. The van der Waals surface area contributed by atoms with Crippen molar-refractivity contribution in [3.8, 4) is 11.5 Å². The number of phenolic OH excluding ortho intramolecular Hbond substituents is 2. The second kappa shape index (κ2) is 7.65. The molecular weight excluding hydrogens is 339 g/mol. The van der Waals surface area contributed by atoms with Crippen LogP contribution >= 0.6 is 11.6 Å². The highest BCUT2D eigenvalue weighted by Gasteiger charge is 2.15. The van der Waals surface area contributed by atoms with Crippen LogP contribution in [0.5, 0.6) is 11.5 Å². The summed E-state index contributed by atoms with van der Waals surface area (Å²) in [5.41, 5.74) is -0.195. The van der Waals surface area contributed by atoms with E-state index >= 15 is 0 Å². The van der Waals surface area contributed by atoms with Crippen molar-refractivity contribution in [2.24, 2.45) is 0 Å². The van der Waals surface area contributed by atoms with Gasteiger partial charge < -0.3 is 20.8 Å². The molecule has 0 spiro atoms. The van der Waals surface area contributed by atoms with Crippen LogP contribution < -0.4 is 10.6 Å². The van der Waals surface area contributed by atoms with Crippen LogP contribution in [0.15, 0.2) is 36.4 Å². The van der Waals surface area contributed by atoms with Gasteiger partial charge in [-0.2, -0.15) is 0 Å². The Hall–Kier alpha value is -2.80. The second-order valence-electron chi connectivity index (χ2n) is 4.85. The van der Waals surface area contributed by atoms with Crippen LogP contribution in [0.25, 0.3) is 0 Å². The van der Waals surface area contributed by atoms with E-state index < -0.39 is 17.6 Å². The number of aromatic hydroxyl groups is 2. The molecule has 6 nitrogen and oxygen atoms in total. The molecule has 0 aliphatic carbocycles. The normalized spacial score (nSPS) is 10.2. The van der Waals surface area contributed by atoms with Gasteiger partial charge in [-0.05, 0) is 24.3 Å². The highest BCUT2D eigenvalue weighted by atomic mass is 35.5. The van der Waals surface area contributed by atoms with Crippen molar-refractivity contribution < 1.29 is 24.2 Å². The first kappa shape index (κ1) is 17.6. The van der Waals surface area contributed by atoms with E-state index in [1.165, 1.54) is 24.3 Å². The van der Waals surface area contributed by atoms with Crippen LogP contribution in [-0.4, -0.2) is 35.1 Å². The Balaban J connectivity index is 1.86. The number of carbonyl (C=O) groups excluding carboxylic acids is 2. The first-order valence-electron chi connectivity index (χ1n) is 6.92. The number of nitrogens with one attached hydrogen (secondary N) is 2. The van der Waals surface area contributed by atoms with Gasteiger partial charge in [-0.15, -0.1) is 0 Å². The maximum absolute atomic E-state index is 13.6. The minimum atomic E-state index is -0.737. The van der Waals surface area contributed by atoms with Crippen molar-refractivity contribution in [1.82, 2.24) is 10.6 Å². The number of halogens is 2. The molecule has 0 fully saturated rings. The van der Waals surface area contributed by atoms with Gasteiger partial charge in [-0.25, -0.2) is 4.39 Å². The average molecular weight is 353 g/mol. The van der Waals surface area contributed by atoms with Crippen molar-refractivity contribution in [2.45, 2.75) is 0 Å². The van der Waals surface area contributed by atoms with E-state index in [0.717, 1.165) is 12.1 Å². The summed E-state index contributed by atoms with van der Waals surface area (Å²) in [6, 6.07) is 7.38. The fraction of sp³-hybridized carbons (Fsp3) is 0.125. The van der Waals surface area contributed by atoms with E-state index in [1.54, 1.807) is 0 Å². The largest absolute Gasteiger partial charge is 0.508 e. The lowest BCUT2D eigenvalue weighted by Gasteiger charge is -2.09. The van der Waals surface area contributed by atoms with Gasteiger partial charge >= 0.3 is 0 Å². The zero-order valence-corrected chi connectivity index (χ0v) is 13.1.